The van der Waals surface area contributed by atoms with E-state index in [0.717, 1.165) is 31.7 Å². The van der Waals surface area contributed by atoms with Gasteiger partial charge in [0.05, 0.1) is 11.6 Å². The monoisotopic (exact) mass is 518 g/mol. The Morgan fingerprint density at radius 3 is 2.26 bits per heavy atom. The van der Waals surface area contributed by atoms with Crippen LogP contribution in [0, 0.1) is 11.6 Å². The molecule has 0 saturated carbocycles. The number of benzene rings is 3. The van der Waals surface area contributed by atoms with Crippen molar-refractivity contribution in [2.75, 3.05) is 6.54 Å². The Morgan fingerprint density at radius 1 is 0.974 bits per heavy atom. The van der Waals surface area contributed by atoms with Gasteiger partial charge in [-0.15, -0.1) is 0 Å². The number of halogens is 2. The molecule has 198 valence electrons. The molecule has 0 bridgehead atoms. The Balaban J connectivity index is 1.31. The van der Waals surface area contributed by atoms with Gasteiger partial charge in [-0.05, 0) is 83.3 Å². The molecule has 38 heavy (non-hydrogen) atoms. The fourth-order valence-electron chi connectivity index (χ4n) is 5.48. The van der Waals surface area contributed by atoms with Gasteiger partial charge >= 0.3 is 0 Å². The lowest BCUT2D eigenvalue weighted by Gasteiger charge is -2.19. The largest absolute Gasteiger partial charge is 0.487 e. The number of fused-ring (bicyclic) bond motifs is 2. The number of pyridine rings is 1. The summed E-state index contributed by atoms with van der Waals surface area (Å²) in [5.41, 5.74) is 6.70. The van der Waals surface area contributed by atoms with Crippen molar-refractivity contribution < 1.29 is 18.6 Å². The SMILES string of the molecule is CCc1cc2c(cc1CC)CC(NCC(O)c1ccc(OCc3cc(F)cc(F)c3)c3[nH]c(=O)ccc13)C2. The predicted octanol–water partition coefficient (Wildman–Crippen LogP) is 5.30. The zero-order valence-electron chi connectivity index (χ0n) is 21.6. The summed E-state index contributed by atoms with van der Waals surface area (Å²) >= 11 is 0. The predicted molar refractivity (Wildman–Crippen MR) is 145 cm³/mol. The van der Waals surface area contributed by atoms with E-state index in [2.05, 4.69) is 36.3 Å². The zero-order chi connectivity index (χ0) is 26.8. The molecule has 0 radical (unpaired) electrons. The summed E-state index contributed by atoms with van der Waals surface area (Å²) in [7, 11) is 0. The first-order valence-electron chi connectivity index (χ1n) is 13.1. The van der Waals surface area contributed by atoms with E-state index in [1.165, 1.54) is 40.5 Å². The molecule has 0 fully saturated rings. The van der Waals surface area contributed by atoms with Crippen LogP contribution in [0.1, 0.15) is 53.3 Å². The highest BCUT2D eigenvalue weighted by molar-refractivity contribution is 5.87. The zero-order valence-corrected chi connectivity index (χ0v) is 21.6. The minimum atomic E-state index is -0.809. The Kier molecular flexibility index (Phi) is 7.58. The van der Waals surface area contributed by atoms with Gasteiger partial charge in [-0.3, -0.25) is 4.79 Å². The standard InChI is InChI=1S/C31H32F2N2O3/c1-3-19-11-21-13-25(14-22(21)12-20(19)4-2)34-16-28(36)26-5-7-29(31-27(26)6-8-30(37)35-31)38-17-18-9-23(32)15-24(33)10-18/h5-12,15,25,28,34,36H,3-4,13-14,16-17H2,1-2H3,(H,35,37). The molecule has 3 aromatic carbocycles. The molecule has 1 atom stereocenters. The maximum absolute atomic E-state index is 13.6. The van der Waals surface area contributed by atoms with Crippen LogP contribution in [0.15, 0.2) is 59.4 Å². The molecule has 1 aliphatic carbocycles. The molecule has 0 saturated heterocycles. The van der Waals surface area contributed by atoms with Crippen LogP contribution in [-0.4, -0.2) is 22.7 Å². The van der Waals surface area contributed by atoms with Crippen LogP contribution in [-0.2, 0) is 32.3 Å². The van der Waals surface area contributed by atoms with Gasteiger partial charge < -0.3 is 20.1 Å². The van der Waals surface area contributed by atoms with Crippen molar-refractivity contribution >= 4 is 10.9 Å². The van der Waals surface area contributed by atoms with E-state index >= 15 is 0 Å². The van der Waals surface area contributed by atoms with Crippen LogP contribution >= 0.6 is 0 Å². The minimum Gasteiger partial charge on any atom is -0.487 e. The minimum absolute atomic E-state index is 0.0775. The Morgan fingerprint density at radius 2 is 1.63 bits per heavy atom. The van der Waals surface area contributed by atoms with E-state index in [1.54, 1.807) is 18.2 Å². The molecule has 0 spiro atoms. The van der Waals surface area contributed by atoms with Crippen LogP contribution < -0.4 is 15.6 Å². The van der Waals surface area contributed by atoms with Crippen LogP contribution in [0.3, 0.4) is 0 Å². The van der Waals surface area contributed by atoms with Gasteiger partial charge in [0.25, 0.3) is 0 Å². The van der Waals surface area contributed by atoms with Crippen molar-refractivity contribution in [1.82, 2.24) is 10.3 Å². The van der Waals surface area contributed by atoms with E-state index in [-0.39, 0.29) is 18.2 Å². The molecule has 1 heterocycles. The van der Waals surface area contributed by atoms with Gasteiger partial charge in [0.15, 0.2) is 0 Å². The van der Waals surface area contributed by atoms with Crippen molar-refractivity contribution in [2.24, 2.45) is 0 Å². The number of aliphatic hydroxyl groups excluding tert-OH is 1. The summed E-state index contributed by atoms with van der Waals surface area (Å²) in [6.07, 6.45) is 3.11. The molecule has 7 heteroatoms. The maximum Gasteiger partial charge on any atom is 0.248 e. The Hall–Kier alpha value is -3.55. The molecule has 0 amide bonds. The van der Waals surface area contributed by atoms with Gasteiger partial charge in [-0.25, -0.2) is 8.78 Å². The molecule has 5 rings (SSSR count). The van der Waals surface area contributed by atoms with Crippen LogP contribution in [0.2, 0.25) is 0 Å². The summed E-state index contributed by atoms with van der Waals surface area (Å²) in [5.74, 6) is -1.01. The van der Waals surface area contributed by atoms with E-state index in [1.807, 2.05) is 0 Å². The van der Waals surface area contributed by atoms with Crippen molar-refractivity contribution in [2.45, 2.75) is 58.3 Å². The van der Waals surface area contributed by atoms with Gasteiger partial charge in [-0.1, -0.05) is 32.0 Å². The number of hydrogen-bond acceptors (Lipinski definition) is 4. The number of hydrogen-bond donors (Lipinski definition) is 3. The maximum atomic E-state index is 13.6. The molecule has 4 aromatic rings. The second kappa shape index (κ2) is 11.1. The van der Waals surface area contributed by atoms with E-state index in [0.29, 0.717) is 34.3 Å². The number of aliphatic hydroxyl groups is 1. The highest BCUT2D eigenvalue weighted by Gasteiger charge is 2.24. The number of aromatic amines is 1. The fraction of sp³-hybridized carbons (Fsp3) is 0.323. The molecular weight excluding hydrogens is 486 g/mol. The van der Waals surface area contributed by atoms with E-state index < -0.39 is 17.7 Å². The summed E-state index contributed by atoms with van der Waals surface area (Å²) in [4.78, 5) is 14.9. The third-order valence-electron chi connectivity index (χ3n) is 7.38. The first kappa shape index (κ1) is 26.1. The number of H-pyrrole nitrogens is 1. The summed E-state index contributed by atoms with van der Waals surface area (Å²) < 4.78 is 32.9. The molecular formula is C31H32F2N2O3. The Labute approximate surface area is 220 Å². The quantitative estimate of drug-likeness (QED) is 0.281. The smallest absolute Gasteiger partial charge is 0.248 e. The molecule has 1 aromatic heterocycles. The molecule has 0 aliphatic heterocycles. The lowest BCUT2D eigenvalue weighted by Crippen LogP contribution is -2.33. The van der Waals surface area contributed by atoms with Crippen LogP contribution in [0.4, 0.5) is 8.78 Å². The third kappa shape index (κ3) is 5.49. The average molecular weight is 519 g/mol. The highest BCUT2D eigenvalue weighted by Crippen LogP contribution is 2.31. The first-order chi connectivity index (χ1) is 18.3. The number of nitrogens with one attached hydrogen (secondary N) is 2. The van der Waals surface area contributed by atoms with Gasteiger partial charge in [0, 0.05) is 30.1 Å². The van der Waals surface area contributed by atoms with Gasteiger partial charge in [0.1, 0.15) is 24.0 Å². The molecule has 5 nitrogen and oxygen atoms in total. The lowest BCUT2D eigenvalue weighted by molar-refractivity contribution is 0.171. The fourth-order valence-corrected chi connectivity index (χ4v) is 5.48. The van der Waals surface area contributed by atoms with Gasteiger partial charge in [0.2, 0.25) is 5.56 Å². The molecule has 3 N–H and O–H groups in total. The number of aromatic nitrogens is 1. The van der Waals surface area contributed by atoms with Crippen molar-refractivity contribution in [3.8, 4) is 5.75 Å². The average Bonchev–Trinajstić information content (AvgIpc) is 3.30. The number of ether oxygens (including phenoxy) is 1. The lowest BCUT2D eigenvalue weighted by atomic mass is 9.97. The second-order valence-electron chi connectivity index (χ2n) is 9.96. The third-order valence-corrected chi connectivity index (χ3v) is 7.38. The van der Waals surface area contributed by atoms with Crippen molar-refractivity contribution in [3.05, 3.63) is 110 Å². The summed E-state index contributed by atoms with van der Waals surface area (Å²) in [5, 5.41) is 15.3. The number of aryl methyl sites for hydroxylation is 2. The Bertz CT molecular complexity index is 1480. The highest BCUT2D eigenvalue weighted by atomic mass is 19.1. The van der Waals surface area contributed by atoms with Crippen molar-refractivity contribution in [3.63, 3.8) is 0 Å². The van der Waals surface area contributed by atoms with E-state index in [9.17, 15) is 18.7 Å². The first-order valence-corrected chi connectivity index (χ1v) is 13.1. The molecule has 1 aliphatic rings. The molecule has 1 unspecified atom stereocenters. The number of rotatable bonds is 9. The van der Waals surface area contributed by atoms with E-state index in [4.69, 9.17) is 4.74 Å². The normalized spacial score (nSPS) is 14.1. The van der Waals surface area contributed by atoms with Gasteiger partial charge in [-0.2, -0.15) is 0 Å². The second-order valence-corrected chi connectivity index (χ2v) is 9.96. The van der Waals surface area contributed by atoms with Crippen LogP contribution in [0.5, 0.6) is 5.75 Å². The van der Waals surface area contributed by atoms with Crippen LogP contribution in [0.25, 0.3) is 10.9 Å². The summed E-state index contributed by atoms with van der Waals surface area (Å²) in [6, 6.07) is 14.6. The summed E-state index contributed by atoms with van der Waals surface area (Å²) in [6.45, 7) is 4.66. The van der Waals surface area contributed by atoms with Crippen molar-refractivity contribution in [1.29, 1.82) is 0 Å². The topological polar surface area (TPSA) is 74.3 Å².